The maximum Gasteiger partial charge on any atom is 0.413 e. The van der Waals surface area contributed by atoms with Gasteiger partial charge in [0.25, 0.3) is 0 Å². The van der Waals surface area contributed by atoms with E-state index in [-0.39, 0.29) is 11.5 Å². The Bertz CT molecular complexity index is 642. The number of rotatable bonds is 9. The van der Waals surface area contributed by atoms with Gasteiger partial charge in [0, 0.05) is 19.0 Å². The summed E-state index contributed by atoms with van der Waals surface area (Å²) in [7, 11) is 1.23. The van der Waals surface area contributed by atoms with Crippen LogP contribution in [0.3, 0.4) is 0 Å². The Morgan fingerprint density at radius 1 is 1.35 bits per heavy atom. The highest BCUT2D eigenvalue weighted by Gasteiger charge is 2.14. The average Bonchev–Trinajstić information content (AvgIpc) is 2.59. The highest BCUT2D eigenvalue weighted by molar-refractivity contribution is 7.91. The quantitative estimate of drug-likeness (QED) is 0.283. The minimum absolute atomic E-state index is 0.0412. The van der Waals surface area contributed by atoms with E-state index >= 15 is 0 Å². The summed E-state index contributed by atoms with van der Waals surface area (Å²) in [5.41, 5.74) is 1.19. The Morgan fingerprint density at radius 3 is 2.69 bits per heavy atom. The predicted molar refractivity (Wildman–Crippen MR) is 105 cm³/mol. The number of carbonyl (C=O) groups is 2. The molecule has 0 bridgehead atoms. The van der Waals surface area contributed by atoms with Crippen molar-refractivity contribution >= 4 is 51.9 Å². The molecule has 0 saturated heterocycles. The number of carboxylic acid groups (broad SMARTS) is 1. The average molecular weight is 402 g/mol. The Kier molecular flexibility index (Phi) is 9.78. The molecule has 1 aromatic carbocycles. The summed E-state index contributed by atoms with van der Waals surface area (Å²) in [6, 6.07) is 5.15. The molecule has 1 unspecified atom stereocenters. The summed E-state index contributed by atoms with van der Waals surface area (Å²) in [5.74, 6) is -0.320. The number of nitrogens with one attached hydrogen (secondary N) is 3. The molecule has 0 aliphatic heterocycles. The van der Waals surface area contributed by atoms with Crippen LogP contribution in [0, 0.1) is 0 Å². The molecule has 144 valence electrons. The van der Waals surface area contributed by atoms with Gasteiger partial charge in [-0.1, -0.05) is 6.92 Å². The van der Waals surface area contributed by atoms with E-state index in [1.54, 1.807) is 18.2 Å². The van der Waals surface area contributed by atoms with Crippen LogP contribution in [-0.4, -0.2) is 46.2 Å². The number of amides is 1. The number of alkyl carbamates (subject to hydrolysis) is 1. The van der Waals surface area contributed by atoms with Gasteiger partial charge in [0.15, 0.2) is 10.0 Å². The van der Waals surface area contributed by atoms with E-state index < -0.39 is 23.2 Å². The van der Waals surface area contributed by atoms with Gasteiger partial charge in [-0.3, -0.25) is 10.1 Å². The number of benzene rings is 1. The lowest BCUT2D eigenvalue weighted by Crippen LogP contribution is -2.34. The van der Waals surface area contributed by atoms with Crippen molar-refractivity contribution in [2.45, 2.75) is 31.1 Å². The van der Waals surface area contributed by atoms with Crippen molar-refractivity contribution in [3.05, 3.63) is 18.2 Å². The number of carbonyl (C=O) groups excluding carboxylic acids is 1. The molecule has 0 aliphatic rings. The monoisotopic (exact) mass is 401 g/mol. The molecule has 8 nitrogen and oxygen atoms in total. The van der Waals surface area contributed by atoms with Gasteiger partial charge in [0.1, 0.15) is 5.75 Å². The zero-order valence-electron chi connectivity index (χ0n) is 14.7. The van der Waals surface area contributed by atoms with Crippen LogP contribution in [0.15, 0.2) is 23.1 Å². The summed E-state index contributed by atoms with van der Waals surface area (Å²) in [6.07, 6.45) is 0.571. The zero-order valence-corrected chi connectivity index (χ0v) is 16.3. The molecule has 1 aromatic rings. The molecular weight excluding hydrogens is 378 g/mol. The summed E-state index contributed by atoms with van der Waals surface area (Å²) >= 11 is 3.92. The lowest BCUT2D eigenvalue weighted by Gasteiger charge is -2.17. The Morgan fingerprint density at radius 2 is 2.08 bits per heavy atom. The summed E-state index contributed by atoms with van der Waals surface area (Å²) < 4.78 is 16.7. The van der Waals surface area contributed by atoms with Crippen LogP contribution in [0.1, 0.15) is 26.2 Å². The fourth-order valence-corrected chi connectivity index (χ4v) is 3.25. The van der Waals surface area contributed by atoms with E-state index in [1.165, 1.54) is 7.11 Å². The van der Waals surface area contributed by atoms with E-state index in [1.807, 2.05) is 6.92 Å². The first kappa shape index (κ1) is 22.0. The summed E-state index contributed by atoms with van der Waals surface area (Å²) in [4.78, 5) is 22.5. The van der Waals surface area contributed by atoms with E-state index in [0.717, 1.165) is 6.42 Å². The zero-order chi connectivity index (χ0) is 19.5. The fourth-order valence-electron chi connectivity index (χ4n) is 1.98. The number of thiocarbonyl (C=S) groups is 1. The van der Waals surface area contributed by atoms with Crippen LogP contribution in [0.5, 0.6) is 0 Å². The molecule has 0 aliphatic carbocycles. The van der Waals surface area contributed by atoms with Gasteiger partial charge in [-0.25, -0.2) is 4.79 Å². The van der Waals surface area contributed by atoms with Crippen LogP contribution in [-0.2, 0) is 20.7 Å². The van der Waals surface area contributed by atoms with Crippen molar-refractivity contribution in [3.63, 3.8) is 0 Å². The van der Waals surface area contributed by atoms with Gasteiger partial charge >= 0.3 is 12.1 Å². The topological polar surface area (TPSA) is 123 Å². The predicted octanol–water partition coefficient (Wildman–Crippen LogP) is 2.53. The van der Waals surface area contributed by atoms with Crippen LogP contribution >= 0.6 is 12.2 Å². The van der Waals surface area contributed by atoms with Crippen LogP contribution < -0.4 is 16.0 Å². The number of carboxylic acids is 1. The third-order valence-electron chi connectivity index (χ3n) is 3.18. The third-order valence-corrected chi connectivity index (χ3v) is 4.94. The largest absolute Gasteiger partial charge is 0.611 e. The van der Waals surface area contributed by atoms with Gasteiger partial charge in [0.2, 0.25) is 0 Å². The van der Waals surface area contributed by atoms with E-state index in [9.17, 15) is 14.1 Å². The van der Waals surface area contributed by atoms with Gasteiger partial charge in [-0.15, -0.1) is 0 Å². The minimum Gasteiger partial charge on any atom is -0.611 e. The first-order valence-electron chi connectivity index (χ1n) is 8.01. The molecule has 0 heterocycles. The van der Waals surface area contributed by atoms with E-state index in [4.69, 9.17) is 17.3 Å². The molecule has 4 N–H and O–H groups in total. The molecule has 0 spiro atoms. The number of hydrogen-bond acceptors (Lipinski definition) is 6. The SMILES string of the molecule is CCC[S+]([O-])c1ccc(NC(=S)NC(=O)OC)c(NCCCC(=O)O)c1. The van der Waals surface area contributed by atoms with Crippen molar-refractivity contribution < 1.29 is 24.0 Å². The second-order valence-electron chi connectivity index (χ2n) is 5.25. The Hall–Kier alpha value is -2.04. The van der Waals surface area contributed by atoms with Crippen LogP contribution in [0.4, 0.5) is 16.2 Å². The van der Waals surface area contributed by atoms with Crippen molar-refractivity contribution in [2.24, 2.45) is 0 Å². The lowest BCUT2D eigenvalue weighted by atomic mass is 10.2. The summed E-state index contributed by atoms with van der Waals surface area (Å²) in [6.45, 7) is 2.37. The van der Waals surface area contributed by atoms with E-state index in [2.05, 4.69) is 20.7 Å². The third kappa shape index (κ3) is 7.89. The number of ether oxygens (including phenoxy) is 1. The standard InChI is InChI=1S/C16H23N3O5S2/c1-3-9-26(23)11-6-7-12(18-15(25)19-16(22)24-2)13(10-11)17-8-4-5-14(20)21/h6-7,10,17H,3-5,8-9H2,1-2H3,(H,20,21)(H2,18,19,22,25). The van der Waals surface area contributed by atoms with Crippen molar-refractivity contribution in [2.75, 3.05) is 30.0 Å². The number of hydrogen-bond donors (Lipinski definition) is 4. The van der Waals surface area contributed by atoms with Crippen LogP contribution in [0.25, 0.3) is 0 Å². The van der Waals surface area contributed by atoms with Crippen molar-refractivity contribution in [3.8, 4) is 0 Å². The Labute approximate surface area is 160 Å². The highest BCUT2D eigenvalue weighted by atomic mass is 32.2. The van der Waals surface area contributed by atoms with Gasteiger partial charge in [0.05, 0.1) is 18.5 Å². The molecule has 1 amide bonds. The second-order valence-corrected chi connectivity index (χ2v) is 7.23. The molecule has 1 rings (SSSR count). The molecule has 26 heavy (non-hydrogen) atoms. The Balaban J connectivity index is 2.89. The fraction of sp³-hybridized carbons (Fsp3) is 0.438. The van der Waals surface area contributed by atoms with Gasteiger partial charge < -0.3 is 25.0 Å². The molecule has 0 fully saturated rings. The van der Waals surface area contributed by atoms with Crippen molar-refractivity contribution in [1.82, 2.24) is 5.32 Å². The van der Waals surface area contributed by atoms with Gasteiger partial charge in [-0.2, -0.15) is 0 Å². The molecule has 1 atom stereocenters. The van der Waals surface area contributed by atoms with E-state index in [0.29, 0.717) is 35.0 Å². The molecular formula is C16H23N3O5S2. The van der Waals surface area contributed by atoms with Crippen LogP contribution in [0.2, 0.25) is 0 Å². The van der Waals surface area contributed by atoms with Gasteiger partial charge in [-0.05, 0) is 48.4 Å². The maximum absolute atomic E-state index is 12.2. The smallest absolute Gasteiger partial charge is 0.413 e. The minimum atomic E-state index is -1.12. The molecule has 0 aromatic heterocycles. The molecule has 0 radical (unpaired) electrons. The normalized spacial score (nSPS) is 11.3. The van der Waals surface area contributed by atoms with Crippen molar-refractivity contribution in [1.29, 1.82) is 0 Å². The number of anilines is 2. The second kappa shape index (κ2) is 11.6. The first-order valence-corrected chi connectivity index (χ1v) is 9.74. The summed E-state index contributed by atoms with van der Waals surface area (Å²) in [5, 5.41) is 17.1. The number of methoxy groups -OCH3 is 1. The molecule has 0 saturated carbocycles. The lowest BCUT2D eigenvalue weighted by molar-refractivity contribution is -0.137. The molecule has 10 heteroatoms. The highest BCUT2D eigenvalue weighted by Crippen LogP contribution is 2.26. The maximum atomic E-state index is 12.2. The first-order chi connectivity index (χ1) is 12.4. The number of aliphatic carboxylic acids is 1.